The van der Waals surface area contributed by atoms with Crippen molar-refractivity contribution in [3.8, 4) is 0 Å². The maximum atomic E-state index is 13.4. The van der Waals surface area contributed by atoms with Crippen LogP contribution in [-0.4, -0.2) is 26.5 Å². The first kappa shape index (κ1) is 24.3. The van der Waals surface area contributed by atoms with E-state index in [1.165, 1.54) is 48.5 Å². The van der Waals surface area contributed by atoms with Crippen molar-refractivity contribution in [3.63, 3.8) is 0 Å². The third-order valence-corrected chi connectivity index (χ3v) is 9.42. The number of carbonyl (C=O) groups is 1. The Bertz CT molecular complexity index is 1440. The van der Waals surface area contributed by atoms with Gasteiger partial charge < -0.3 is 5.32 Å². The minimum absolute atomic E-state index is 0.133. The van der Waals surface area contributed by atoms with E-state index in [9.17, 15) is 21.6 Å². The van der Waals surface area contributed by atoms with E-state index in [2.05, 4.69) is 5.32 Å². The van der Waals surface area contributed by atoms with Crippen molar-refractivity contribution in [1.29, 1.82) is 0 Å². The highest BCUT2D eigenvalue weighted by atomic mass is 32.3. The van der Waals surface area contributed by atoms with E-state index >= 15 is 0 Å². The van der Waals surface area contributed by atoms with Crippen LogP contribution in [0.5, 0.6) is 0 Å². The summed E-state index contributed by atoms with van der Waals surface area (Å²) < 4.78 is 54.2. The van der Waals surface area contributed by atoms with Crippen LogP contribution in [-0.2, 0) is 26.6 Å². The number of benzene rings is 4. The predicted molar refractivity (Wildman–Crippen MR) is 134 cm³/mol. The van der Waals surface area contributed by atoms with Crippen LogP contribution in [0.2, 0.25) is 0 Å². The molecule has 0 aromatic heterocycles. The lowest BCUT2D eigenvalue weighted by molar-refractivity contribution is 0.102. The minimum Gasteiger partial charge on any atom is -0.322 e. The molecule has 0 aliphatic rings. The van der Waals surface area contributed by atoms with E-state index < -0.39 is 26.6 Å². The van der Waals surface area contributed by atoms with Gasteiger partial charge >= 0.3 is 0 Å². The van der Waals surface area contributed by atoms with Crippen molar-refractivity contribution in [2.75, 3.05) is 5.32 Å². The highest BCUT2D eigenvalue weighted by Crippen LogP contribution is 2.27. The molecule has 0 aliphatic heterocycles. The fourth-order valence-electron chi connectivity index (χ4n) is 3.35. The Morgan fingerprint density at radius 3 is 1.49 bits per heavy atom. The molecule has 35 heavy (non-hydrogen) atoms. The maximum absolute atomic E-state index is 13.4. The summed E-state index contributed by atoms with van der Waals surface area (Å²) >= 11 is 0. The summed E-state index contributed by atoms with van der Waals surface area (Å²) in [6, 6.07) is 29.9. The summed E-state index contributed by atoms with van der Waals surface area (Å²) in [5.74, 6) is -0.293. The first-order chi connectivity index (χ1) is 16.8. The van der Waals surface area contributed by atoms with Crippen molar-refractivity contribution in [3.05, 3.63) is 126 Å². The Labute approximate surface area is 204 Å². The lowest BCUT2D eigenvalue weighted by atomic mass is 10.2. The molecular weight excluding hydrogens is 484 g/mol. The second-order valence-electron chi connectivity index (χ2n) is 7.58. The number of sulfonamides is 2. The zero-order chi connectivity index (χ0) is 24.9. The van der Waals surface area contributed by atoms with E-state index in [1.807, 2.05) is 6.07 Å². The Morgan fingerprint density at radius 2 is 1.03 bits per heavy atom. The normalized spacial score (nSPS) is 11.8. The molecule has 4 aromatic carbocycles. The number of anilines is 1. The van der Waals surface area contributed by atoms with Gasteiger partial charge in [-0.1, -0.05) is 70.4 Å². The monoisotopic (exact) mass is 506 g/mol. The average Bonchev–Trinajstić information content (AvgIpc) is 2.89. The van der Waals surface area contributed by atoms with E-state index in [-0.39, 0.29) is 15.7 Å². The van der Waals surface area contributed by atoms with Crippen LogP contribution >= 0.6 is 0 Å². The lowest BCUT2D eigenvalue weighted by Crippen LogP contribution is -2.36. The molecular formula is C26H22N2O5S2. The standard InChI is InChI=1S/C26H22N2O5S2/c29-26(22-10-4-1-5-11-22)27-23-18-16-21(17-19-23)20-28(34(30,31)24-12-6-2-7-13-24)35(32,33)25-14-8-3-9-15-25/h1-19H,20H2,(H,27,29). The van der Waals surface area contributed by atoms with Gasteiger partial charge in [-0.05, 0) is 54.1 Å². The van der Waals surface area contributed by atoms with E-state index in [4.69, 9.17) is 0 Å². The molecule has 178 valence electrons. The van der Waals surface area contributed by atoms with Crippen molar-refractivity contribution < 1.29 is 21.6 Å². The molecule has 4 rings (SSSR count). The largest absolute Gasteiger partial charge is 0.322 e. The van der Waals surface area contributed by atoms with Crippen LogP contribution in [0.1, 0.15) is 15.9 Å². The summed E-state index contributed by atoms with van der Waals surface area (Å²) in [5.41, 5.74) is 1.42. The maximum Gasteiger partial charge on any atom is 0.256 e. The minimum atomic E-state index is -4.39. The van der Waals surface area contributed by atoms with Crippen molar-refractivity contribution >= 4 is 31.6 Å². The number of hydrogen-bond donors (Lipinski definition) is 1. The molecule has 0 aliphatic carbocycles. The molecule has 1 amide bonds. The molecule has 0 saturated heterocycles. The second-order valence-corrected chi connectivity index (χ2v) is 11.5. The van der Waals surface area contributed by atoms with Gasteiger partial charge in [0.15, 0.2) is 0 Å². The third-order valence-electron chi connectivity index (χ3n) is 5.18. The number of carbonyl (C=O) groups excluding carboxylic acids is 1. The van der Waals surface area contributed by atoms with Gasteiger partial charge in [0.25, 0.3) is 26.0 Å². The van der Waals surface area contributed by atoms with Crippen LogP contribution < -0.4 is 5.32 Å². The number of rotatable bonds is 8. The zero-order valence-corrected chi connectivity index (χ0v) is 20.1. The van der Waals surface area contributed by atoms with Gasteiger partial charge in [0.05, 0.1) is 16.3 Å². The molecule has 0 saturated carbocycles. The van der Waals surface area contributed by atoms with Crippen LogP contribution in [0, 0.1) is 0 Å². The Morgan fingerprint density at radius 1 is 0.600 bits per heavy atom. The number of amides is 1. The summed E-state index contributed by atoms with van der Waals surface area (Å²) in [6.45, 7) is -0.415. The molecule has 0 heterocycles. The van der Waals surface area contributed by atoms with Gasteiger partial charge in [0.1, 0.15) is 0 Å². The highest BCUT2D eigenvalue weighted by molar-refractivity contribution is 8.04. The van der Waals surface area contributed by atoms with Crippen molar-refractivity contribution in [2.45, 2.75) is 16.3 Å². The Hall–Kier alpha value is -3.79. The summed E-state index contributed by atoms with van der Waals surface area (Å²) in [5, 5.41) is 2.76. The topological polar surface area (TPSA) is 101 Å². The van der Waals surface area contributed by atoms with Crippen molar-refractivity contribution in [1.82, 2.24) is 3.71 Å². The average molecular weight is 507 g/mol. The first-order valence-corrected chi connectivity index (χ1v) is 13.5. The fourth-order valence-corrected chi connectivity index (χ4v) is 7.01. The lowest BCUT2D eigenvalue weighted by Gasteiger charge is -2.22. The van der Waals surface area contributed by atoms with Crippen LogP contribution in [0.4, 0.5) is 5.69 Å². The van der Waals surface area contributed by atoms with Crippen molar-refractivity contribution in [2.24, 2.45) is 0 Å². The summed E-state index contributed by atoms with van der Waals surface area (Å²) in [7, 11) is -8.79. The summed E-state index contributed by atoms with van der Waals surface area (Å²) in [6.07, 6.45) is 0. The second kappa shape index (κ2) is 10.2. The van der Waals surface area contributed by atoms with Crippen LogP contribution in [0.15, 0.2) is 125 Å². The number of nitrogens with zero attached hydrogens (tertiary/aromatic N) is 1. The molecule has 0 bridgehead atoms. The quantitative estimate of drug-likeness (QED) is 0.379. The van der Waals surface area contributed by atoms with Gasteiger partial charge in [-0.25, -0.2) is 16.8 Å². The van der Waals surface area contributed by atoms with Gasteiger partial charge in [-0.15, -0.1) is 0 Å². The number of nitrogens with one attached hydrogen (secondary N) is 1. The molecule has 1 N–H and O–H groups in total. The number of hydrogen-bond acceptors (Lipinski definition) is 5. The van der Waals surface area contributed by atoms with Gasteiger partial charge in [0.2, 0.25) is 0 Å². The van der Waals surface area contributed by atoms with Crippen LogP contribution in [0.25, 0.3) is 0 Å². The third kappa shape index (κ3) is 5.48. The van der Waals surface area contributed by atoms with Crippen LogP contribution in [0.3, 0.4) is 0 Å². The molecule has 0 atom stereocenters. The van der Waals surface area contributed by atoms with Gasteiger partial charge in [0, 0.05) is 11.3 Å². The highest BCUT2D eigenvalue weighted by Gasteiger charge is 2.36. The van der Waals surface area contributed by atoms with E-state index in [1.54, 1.807) is 60.7 Å². The van der Waals surface area contributed by atoms with E-state index in [0.29, 0.717) is 20.5 Å². The molecule has 4 aromatic rings. The molecule has 0 radical (unpaired) electrons. The Kier molecular flexibility index (Phi) is 7.11. The Balaban J connectivity index is 1.64. The molecule has 0 unspecified atom stereocenters. The SMILES string of the molecule is O=C(Nc1ccc(CN(S(=O)(=O)c2ccccc2)S(=O)(=O)c2ccccc2)cc1)c1ccccc1. The first-order valence-electron chi connectivity index (χ1n) is 10.6. The van der Waals surface area contributed by atoms with E-state index in [0.717, 1.165) is 0 Å². The van der Waals surface area contributed by atoms with Gasteiger partial charge in [-0.2, -0.15) is 0 Å². The zero-order valence-electron chi connectivity index (χ0n) is 18.5. The summed E-state index contributed by atoms with van der Waals surface area (Å²) in [4.78, 5) is 12.1. The molecule has 0 fully saturated rings. The van der Waals surface area contributed by atoms with Gasteiger partial charge in [-0.3, -0.25) is 4.79 Å². The molecule has 9 heteroatoms. The fraction of sp³-hybridized carbons (Fsp3) is 0.0385. The molecule has 7 nitrogen and oxygen atoms in total. The smallest absolute Gasteiger partial charge is 0.256 e. The molecule has 0 spiro atoms. The predicted octanol–water partition coefficient (Wildman–Crippen LogP) is 4.52.